The van der Waals surface area contributed by atoms with Crippen molar-refractivity contribution in [1.29, 1.82) is 0 Å². The molecule has 1 aromatic carbocycles. The predicted molar refractivity (Wildman–Crippen MR) is 88.3 cm³/mol. The number of hydrogen-bond acceptors (Lipinski definition) is 3. The number of aromatic nitrogens is 1. The Hall–Kier alpha value is -2.56. The lowest BCUT2D eigenvalue weighted by Gasteiger charge is -2.15. The van der Waals surface area contributed by atoms with Crippen LogP contribution in [0.5, 0.6) is 5.88 Å². The van der Waals surface area contributed by atoms with Gasteiger partial charge in [-0.3, -0.25) is 0 Å². The molecule has 2 amide bonds. The van der Waals surface area contributed by atoms with Crippen LogP contribution < -0.4 is 15.4 Å². The van der Waals surface area contributed by atoms with E-state index in [1.165, 1.54) is 11.1 Å². The summed E-state index contributed by atoms with van der Waals surface area (Å²) in [4.78, 5) is 16.4. The van der Waals surface area contributed by atoms with E-state index in [1.807, 2.05) is 31.2 Å². The molecule has 0 spiro atoms. The van der Waals surface area contributed by atoms with Crippen molar-refractivity contribution in [1.82, 2.24) is 15.6 Å². The fourth-order valence-electron chi connectivity index (χ4n) is 2.92. The van der Waals surface area contributed by atoms with Crippen LogP contribution in [0, 0.1) is 0 Å². The SMILES string of the molecule is CCOc1ncccc1CNC(=O)NC1CCc2ccccc21. The van der Waals surface area contributed by atoms with E-state index in [2.05, 4.69) is 27.8 Å². The number of carbonyl (C=O) groups is 1. The number of fused-ring (bicyclic) bond motifs is 1. The third kappa shape index (κ3) is 3.62. The van der Waals surface area contributed by atoms with Gasteiger partial charge < -0.3 is 15.4 Å². The van der Waals surface area contributed by atoms with E-state index in [4.69, 9.17) is 4.74 Å². The van der Waals surface area contributed by atoms with Crippen LogP contribution in [-0.4, -0.2) is 17.6 Å². The van der Waals surface area contributed by atoms with Crippen LogP contribution in [0.25, 0.3) is 0 Å². The van der Waals surface area contributed by atoms with Crippen LogP contribution in [0.4, 0.5) is 4.79 Å². The molecule has 0 aliphatic heterocycles. The zero-order chi connectivity index (χ0) is 16.1. The molecule has 3 rings (SSSR count). The van der Waals surface area contributed by atoms with Gasteiger partial charge in [-0.2, -0.15) is 0 Å². The topological polar surface area (TPSA) is 63.2 Å². The lowest BCUT2D eigenvalue weighted by molar-refractivity contribution is 0.236. The van der Waals surface area contributed by atoms with Crippen molar-refractivity contribution in [2.24, 2.45) is 0 Å². The molecule has 1 aliphatic rings. The number of nitrogens with one attached hydrogen (secondary N) is 2. The molecule has 0 saturated carbocycles. The third-order valence-electron chi connectivity index (χ3n) is 4.01. The molecule has 0 bridgehead atoms. The molecule has 2 aromatic rings. The molecule has 1 unspecified atom stereocenters. The molecular weight excluding hydrogens is 290 g/mol. The highest BCUT2D eigenvalue weighted by Gasteiger charge is 2.23. The highest BCUT2D eigenvalue weighted by molar-refractivity contribution is 5.74. The maximum Gasteiger partial charge on any atom is 0.315 e. The molecule has 1 aliphatic carbocycles. The quantitative estimate of drug-likeness (QED) is 0.892. The summed E-state index contributed by atoms with van der Waals surface area (Å²) in [5.41, 5.74) is 3.42. The average Bonchev–Trinajstić information content (AvgIpc) is 2.98. The van der Waals surface area contributed by atoms with E-state index in [0.29, 0.717) is 19.0 Å². The van der Waals surface area contributed by atoms with Gasteiger partial charge in [0.25, 0.3) is 0 Å². The van der Waals surface area contributed by atoms with Gasteiger partial charge in [-0.15, -0.1) is 0 Å². The Bertz CT molecular complexity index is 687. The Kier molecular flexibility index (Phi) is 4.76. The van der Waals surface area contributed by atoms with Crippen molar-refractivity contribution < 1.29 is 9.53 Å². The van der Waals surface area contributed by atoms with Crippen LogP contribution in [-0.2, 0) is 13.0 Å². The number of benzene rings is 1. The number of rotatable bonds is 5. The Labute approximate surface area is 136 Å². The van der Waals surface area contributed by atoms with Gasteiger partial charge >= 0.3 is 6.03 Å². The first-order chi connectivity index (χ1) is 11.3. The molecule has 23 heavy (non-hydrogen) atoms. The molecule has 1 atom stereocenters. The number of pyridine rings is 1. The highest BCUT2D eigenvalue weighted by atomic mass is 16.5. The van der Waals surface area contributed by atoms with E-state index in [9.17, 15) is 4.79 Å². The molecule has 120 valence electrons. The average molecular weight is 311 g/mol. The first-order valence-corrected chi connectivity index (χ1v) is 7.96. The van der Waals surface area contributed by atoms with Crippen molar-refractivity contribution in [3.8, 4) is 5.88 Å². The number of urea groups is 1. The normalized spacial score (nSPS) is 15.8. The second-order valence-electron chi connectivity index (χ2n) is 5.52. The Morgan fingerprint density at radius 3 is 3.04 bits per heavy atom. The maximum absolute atomic E-state index is 12.2. The molecule has 2 N–H and O–H groups in total. The van der Waals surface area contributed by atoms with Gasteiger partial charge in [-0.1, -0.05) is 30.3 Å². The van der Waals surface area contributed by atoms with Crippen LogP contribution in [0.2, 0.25) is 0 Å². The molecule has 5 heteroatoms. The van der Waals surface area contributed by atoms with Crippen LogP contribution in [0.3, 0.4) is 0 Å². The van der Waals surface area contributed by atoms with Gasteiger partial charge in [0.1, 0.15) is 0 Å². The van der Waals surface area contributed by atoms with Gasteiger partial charge in [-0.05, 0) is 37.0 Å². The third-order valence-corrected chi connectivity index (χ3v) is 4.01. The minimum absolute atomic E-state index is 0.0893. The molecule has 0 radical (unpaired) electrons. The predicted octanol–water partition coefficient (Wildman–Crippen LogP) is 2.97. The molecular formula is C18H21N3O2. The summed E-state index contributed by atoms with van der Waals surface area (Å²) in [6, 6.07) is 11.9. The summed E-state index contributed by atoms with van der Waals surface area (Å²) < 4.78 is 5.47. The van der Waals surface area contributed by atoms with E-state index in [1.54, 1.807) is 6.20 Å². The summed E-state index contributed by atoms with van der Waals surface area (Å²) in [7, 11) is 0. The highest BCUT2D eigenvalue weighted by Crippen LogP contribution is 2.30. The minimum Gasteiger partial charge on any atom is -0.478 e. The van der Waals surface area contributed by atoms with Gasteiger partial charge in [0.2, 0.25) is 5.88 Å². The molecule has 1 aromatic heterocycles. The van der Waals surface area contributed by atoms with Crippen LogP contribution in [0.15, 0.2) is 42.6 Å². The van der Waals surface area contributed by atoms with Crippen molar-refractivity contribution >= 4 is 6.03 Å². The zero-order valence-electron chi connectivity index (χ0n) is 13.2. The Morgan fingerprint density at radius 2 is 2.17 bits per heavy atom. The van der Waals surface area contributed by atoms with Crippen molar-refractivity contribution in [3.63, 3.8) is 0 Å². The van der Waals surface area contributed by atoms with E-state index >= 15 is 0 Å². The Morgan fingerprint density at radius 1 is 1.30 bits per heavy atom. The first-order valence-electron chi connectivity index (χ1n) is 7.96. The van der Waals surface area contributed by atoms with Gasteiger partial charge in [-0.25, -0.2) is 9.78 Å². The number of hydrogen-bond donors (Lipinski definition) is 2. The monoisotopic (exact) mass is 311 g/mol. The van der Waals surface area contributed by atoms with Gasteiger partial charge in [0.15, 0.2) is 0 Å². The Balaban J connectivity index is 1.57. The summed E-state index contributed by atoms with van der Waals surface area (Å²) in [6.45, 7) is 2.86. The second kappa shape index (κ2) is 7.13. The van der Waals surface area contributed by atoms with Gasteiger partial charge in [0.05, 0.1) is 12.6 Å². The fourth-order valence-corrected chi connectivity index (χ4v) is 2.92. The number of aryl methyl sites for hydroxylation is 1. The number of carbonyl (C=O) groups excluding carboxylic acids is 1. The van der Waals surface area contributed by atoms with E-state index < -0.39 is 0 Å². The smallest absolute Gasteiger partial charge is 0.315 e. The number of amides is 2. The van der Waals surface area contributed by atoms with E-state index in [-0.39, 0.29) is 12.1 Å². The summed E-state index contributed by atoms with van der Waals surface area (Å²) >= 11 is 0. The van der Waals surface area contributed by atoms with Crippen LogP contribution >= 0.6 is 0 Å². The first kappa shape index (κ1) is 15.3. The van der Waals surface area contributed by atoms with Crippen LogP contribution in [0.1, 0.15) is 36.1 Å². The maximum atomic E-state index is 12.2. The van der Waals surface area contributed by atoms with Gasteiger partial charge in [0, 0.05) is 18.3 Å². The van der Waals surface area contributed by atoms with Crippen molar-refractivity contribution in [2.45, 2.75) is 32.4 Å². The molecule has 5 nitrogen and oxygen atoms in total. The minimum atomic E-state index is -0.169. The molecule has 0 fully saturated rings. The lowest BCUT2D eigenvalue weighted by Crippen LogP contribution is -2.37. The summed E-state index contributed by atoms with van der Waals surface area (Å²) in [5, 5.41) is 5.93. The number of ether oxygens (including phenoxy) is 1. The standard InChI is InChI=1S/C18H21N3O2/c1-2-23-17-14(7-5-11-19-17)12-20-18(22)21-16-10-9-13-6-3-4-8-15(13)16/h3-8,11,16H,2,9-10,12H2,1H3,(H2,20,21,22). The molecule has 1 heterocycles. The zero-order valence-corrected chi connectivity index (χ0v) is 13.2. The second-order valence-corrected chi connectivity index (χ2v) is 5.52. The molecule has 0 saturated heterocycles. The largest absolute Gasteiger partial charge is 0.478 e. The fraction of sp³-hybridized carbons (Fsp3) is 0.333. The summed E-state index contributed by atoms with van der Waals surface area (Å²) in [6.07, 6.45) is 3.64. The number of nitrogens with zero attached hydrogens (tertiary/aromatic N) is 1. The van der Waals surface area contributed by atoms with Crippen molar-refractivity contribution in [2.75, 3.05) is 6.61 Å². The van der Waals surface area contributed by atoms with Crippen molar-refractivity contribution in [3.05, 3.63) is 59.3 Å². The lowest BCUT2D eigenvalue weighted by atomic mass is 10.1. The van der Waals surface area contributed by atoms with E-state index in [0.717, 1.165) is 18.4 Å². The summed E-state index contributed by atoms with van der Waals surface area (Å²) in [5.74, 6) is 0.571.